The van der Waals surface area contributed by atoms with Gasteiger partial charge in [-0.05, 0) is 18.4 Å². The van der Waals surface area contributed by atoms with Gasteiger partial charge in [-0.2, -0.15) is 0 Å². The number of hydroxylamine groups is 1. The largest absolute Gasteiger partial charge is 0.390 e. The lowest BCUT2D eigenvalue weighted by Gasteiger charge is -2.15. The van der Waals surface area contributed by atoms with Crippen LogP contribution in [0.2, 0.25) is 0 Å². The van der Waals surface area contributed by atoms with Crippen LogP contribution in [0.15, 0.2) is 35.6 Å². The van der Waals surface area contributed by atoms with Crippen LogP contribution >= 0.6 is 0 Å². The van der Waals surface area contributed by atoms with E-state index in [0.717, 1.165) is 37.1 Å². The van der Waals surface area contributed by atoms with Gasteiger partial charge in [-0.25, -0.2) is 5.48 Å². The van der Waals surface area contributed by atoms with E-state index >= 15 is 0 Å². The molecule has 0 aromatic rings. The third kappa shape index (κ3) is 5.01. The molecule has 5 heteroatoms. The average Bonchev–Trinajstić information content (AvgIpc) is 2.91. The predicted octanol–water partition coefficient (Wildman–Crippen LogP) is 0.819. The monoisotopic (exact) mass is 253 g/mol. The molecular formula is C13H23N3O2. The normalized spacial score (nSPS) is 16.8. The molecule has 0 fully saturated rings. The molecule has 5 nitrogen and oxygen atoms in total. The third-order valence-electron chi connectivity index (χ3n) is 2.67. The van der Waals surface area contributed by atoms with Crippen molar-refractivity contribution in [2.75, 3.05) is 27.3 Å². The minimum atomic E-state index is -0.399. The zero-order chi connectivity index (χ0) is 13.2. The summed E-state index contributed by atoms with van der Waals surface area (Å²) in [6.45, 7) is 1.67. The van der Waals surface area contributed by atoms with Crippen molar-refractivity contribution in [3.63, 3.8) is 0 Å². The van der Waals surface area contributed by atoms with Crippen molar-refractivity contribution in [2.45, 2.75) is 19.1 Å². The first-order valence-corrected chi connectivity index (χ1v) is 6.14. The molecular weight excluding hydrogens is 230 g/mol. The number of hydrogen-bond donors (Lipinski definition) is 3. The van der Waals surface area contributed by atoms with Gasteiger partial charge in [-0.1, -0.05) is 18.2 Å². The minimum Gasteiger partial charge on any atom is -0.390 e. The highest BCUT2D eigenvalue weighted by atomic mass is 16.6. The lowest BCUT2D eigenvalue weighted by atomic mass is 10.1. The summed E-state index contributed by atoms with van der Waals surface area (Å²) in [4.78, 5) is 4.75. The molecule has 0 bridgehead atoms. The third-order valence-corrected chi connectivity index (χ3v) is 2.67. The van der Waals surface area contributed by atoms with E-state index in [9.17, 15) is 0 Å². The molecule has 1 rings (SSSR count). The van der Waals surface area contributed by atoms with Gasteiger partial charge in [0.1, 0.15) is 6.23 Å². The molecule has 0 aromatic carbocycles. The molecule has 1 aliphatic rings. The Morgan fingerprint density at radius 3 is 2.94 bits per heavy atom. The molecule has 0 radical (unpaired) electrons. The number of ether oxygens (including phenoxy) is 1. The Bertz CT molecular complexity index is 324. The molecule has 4 N–H and O–H groups in total. The maximum Gasteiger partial charge on any atom is 0.133 e. The number of nitrogens with two attached hydrogens (primary N) is 1. The minimum absolute atomic E-state index is 0.399. The fourth-order valence-electron chi connectivity index (χ4n) is 1.68. The molecule has 18 heavy (non-hydrogen) atoms. The van der Waals surface area contributed by atoms with Crippen molar-refractivity contribution in [1.29, 1.82) is 0 Å². The summed E-state index contributed by atoms with van der Waals surface area (Å²) in [5.74, 6) is 0. The summed E-state index contributed by atoms with van der Waals surface area (Å²) in [5.41, 5.74) is 10.8. The smallest absolute Gasteiger partial charge is 0.133 e. The summed E-state index contributed by atoms with van der Waals surface area (Å²) in [6.07, 6.45) is 9.77. The average molecular weight is 253 g/mol. The quantitative estimate of drug-likeness (QED) is 0.322. The Morgan fingerprint density at radius 1 is 1.50 bits per heavy atom. The van der Waals surface area contributed by atoms with Crippen LogP contribution in [0.3, 0.4) is 0 Å². The molecule has 0 saturated carbocycles. The zero-order valence-corrected chi connectivity index (χ0v) is 11.1. The van der Waals surface area contributed by atoms with Gasteiger partial charge in [-0.3, -0.25) is 0 Å². The lowest BCUT2D eigenvalue weighted by Crippen LogP contribution is -2.27. The lowest BCUT2D eigenvalue weighted by molar-refractivity contribution is 0.0912. The second-order valence-electron chi connectivity index (χ2n) is 3.96. The van der Waals surface area contributed by atoms with E-state index in [4.69, 9.17) is 15.3 Å². The second kappa shape index (κ2) is 8.88. The van der Waals surface area contributed by atoms with Crippen molar-refractivity contribution >= 4 is 0 Å². The molecule has 0 aliphatic heterocycles. The van der Waals surface area contributed by atoms with Crippen LogP contribution in [0, 0.1) is 0 Å². The summed E-state index contributed by atoms with van der Waals surface area (Å²) in [5, 5.41) is 3.24. The Balaban J connectivity index is 2.42. The molecule has 0 saturated heterocycles. The maximum atomic E-state index is 5.92. The van der Waals surface area contributed by atoms with Crippen LogP contribution in [0.5, 0.6) is 0 Å². The van der Waals surface area contributed by atoms with Gasteiger partial charge >= 0.3 is 0 Å². The van der Waals surface area contributed by atoms with Crippen molar-refractivity contribution in [1.82, 2.24) is 10.8 Å². The van der Waals surface area contributed by atoms with E-state index in [2.05, 4.69) is 29.0 Å². The van der Waals surface area contributed by atoms with Gasteiger partial charge in [0.2, 0.25) is 0 Å². The highest BCUT2D eigenvalue weighted by Crippen LogP contribution is 2.20. The fourth-order valence-corrected chi connectivity index (χ4v) is 1.68. The molecule has 0 amide bonds. The number of methoxy groups -OCH3 is 1. The van der Waals surface area contributed by atoms with E-state index in [1.165, 1.54) is 0 Å². The highest BCUT2D eigenvalue weighted by Gasteiger charge is 2.12. The molecule has 0 heterocycles. The van der Waals surface area contributed by atoms with Crippen LogP contribution in [0.4, 0.5) is 0 Å². The van der Waals surface area contributed by atoms with Gasteiger partial charge in [0.05, 0.1) is 7.11 Å². The summed E-state index contributed by atoms with van der Waals surface area (Å²) < 4.78 is 5.18. The fraction of sp³-hybridized carbons (Fsp3) is 0.538. The Morgan fingerprint density at radius 2 is 2.33 bits per heavy atom. The first-order chi connectivity index (χ1) is 8.79. The molecule has 102 valence electrons. The summed E-state index contributed by atoms with van der Waals surface area (Å²) in [7, 11) is 3.22. The first-order valence-electron chi connectivity index (χ1n) is 6.14. The van der Waals surface area contributed by atoms with E-state index in [1.807, 2.05) is 6.20 Å². The SMILES string of the molecule is CONCCCN/C=C(\C1=CCC=C1)[C@@H](N)OC. The second-order valence-corrected chi connectivity index (χ2v) is 3.96. The Hall–Kier alpha value is -1.14. The van der Waals surface area contributed by atoms with Gasteiger partial charge in [-0.15, -0.1) is 0 Å². The molecule has 0 spiro atoms. The first kappa shape index (κ1) is 14.9. The van der Waals surface area contributed by atoms with Crippen LogP contribution in [0.25, 0.3) is 0 Å². The van der Waals surface area contributed by atoms with Crippen LogP contribution in [0.1, 0.15) is 12.8 Å². The van der Waals surface area contributed by atoms with Crippen LogP contribution in [-0.4, -0.2) is 33.5 Å². The number of allylic oxidation sites excluding steroid dienone is 3. The van der Waals surface area contributed by atoms with E-state index in [0.29, 0.717) is 0 Å². The molecule has 1 aliphatic carbocycles. The van der Waals surface area contributed by atoms with E-state index in [-0.39, 0.29) is 0 Å². The number of hydrogen-bond acceptors (Lipinski definition) is 5. The van der Waals surface area contributed by atoms with Gasteiger partial charge in [0.15, 0.2) is 0 Å². The standard InChI is InChI=1S/C13H23N3O2/c1-17-13(14)12(11-6-3-4-7-11)10-15-8-5-9-16-18-2/h3,6-7,10,13,15-16H,4-5,8-9,14H2,1-2H3/b12-10+/t13-/m0/s1. The molecule has 0 unspecified atom stereocenters. The van der Waals surface area contributed by atoms with Gasteiger partial charge in [0, 0.05) is 32.0 Å². The Labute approximate surface area is 109 Å². The predicted molar refractivity (Wildman–Crippen MR) is 72.5 cm³/mol. The molecule has 0 aromatic heterocycles. The Kier molecular flexibility index (Phi) is 7.36. The zero-order valence-electron chi connectivity index (χ0n) is 11.1. The highest BCUT2D eigenvalue weighted by molar-refractivity contribution is 5.44. The van der Waals surface area contributed by atoms with Gasteiger partial charge in [0.25, 0.3) is 0 Å². The van der Waals surface area contributed by atoms with E-state index < -0.39 is 6.23 Å². The maximum absolute atomic E-state index is 5.92. The van der Waals surface area contributed by atoms with Crippen molar-refractivity contribution in [3.05, 3.63) is 35.6 Å². The van der Waals surface area contributed by atoms with Crippen molar-refractivity contribution < 1.29 is 9.57 Å². The number of rotatable bonds is 9. The van der Waals surface area contributed by atoms with Crippen LogP contribution < -0.4 is 16.5 Å². The topological polar surface area (TPSA) is 68.5 Å². The van der Waals surface area contributed by atoms with Crippen LogP contribution in [-0.2, 0) is 9.57 Å². The van der Waals surface area contributed by atoms with E-state index in [1.54, 1.807) is 14.2 Å². The van der Waals surface area contributed by atoms with Crippen molar-refractivity contribution in [3.8, 4) is 0 Å². The molecule has 1 atom stereocenters. The van der Waals surface area contributed by atoms with Crippen molar-refractivity contribution in [2.24, 2.45) is 5.73 Å². The summed E-state index contributed by atoms with van der Waals surface area (Å²) >= 11 is 0. The summed E-state index contributed by atoms with van der Waals surface area (Å²) in [6, 6.07) is 0. The van der Waals surface area contributed by atoms with Gasteiger partial charge < -0.3 is 20.6 Å². The number of nitrogens with one attached hydrogen (secondary N) is 2.